The maximum Gasteiger partial charge on any atom is 0.226 e. The molecular weight excluding hydrogens is 646 g/mol. The van der Waals surface area contributed by atoms with Crippen LogP contribution in [0.1, 0.15) is 113 Å². The van der Waals surface area contributed by atoms with Crippen molar-refractivity contribution in [2.24, 2.45) is 62.4 Å². The topological polar surface area (TPSA) is 72.2 Å². The molecular formula is C34H55N2O2Y2-. The summed E-state index contributed by atoms with van der Waals surface area (Å²) < 4.78 is 0. The molecule has 2 radical (unpaired) electrons. The smallest absolute Gasteiger partial charge is 0.226 e. The number of carbonyl (C=O) groups excluding carboxylic acids is 2. The van der Waals surface area contributed by atoms with Gasteiger partial charge in [-0.15, -0.1) is 0 Å². The van der Waals surface area contributed by atoms with Crippen LogP contribution in [0, 0.1) is 63.1 Å². The van der Waals surface area contributed by atoms with Gasteiger partial charge in [-0.25, -0.2) is 0 Å². The first-order valence-corrected chi connectivity index (χ1v) is 15.7. The Kier molecular flexibility index (Phi) is 10.7. The van der Waals surface area contributed by atoms with Gasteiger partial charge in [0.25, 0.3) is 0 Å². The number of allylic oxidation sites excluding steroid dienone is 1. The molecule has 5 aliphatic rings. The monoisotopic (exact) mass is 701 g/mol. The second-order valence-electron chi connectivity index (χ2n) is 15.8. The predicted octanol–water partition coefficient (Wildman–Crippen LogP) is 6.88. The van der Waals surface area contributed by atoms with Crippen molar-refractivity contribution in [3.63, 3.8) is 0 Å². The van der Waals surface area contributed by atoms with Crippen LogP contribution in [-0.4, -0.2) is 24.3 Å². The molecule has 0 saturated heterocycles. The van der Waals surface area contributed by atoms with E-state index in [2.05, 4.69) is 59.9 Å². The number of rotatable bonds is 5. The number of nitrogens with two attached hydrogens (primary N) is 1. The largest absolute Gasteiger partial charge is 0.354 e. The molecule has 10 unspecified atom stereocenters. The summed E-state index contributed by atoms with van der Waals surface area (Å²) >= 11 is 0. The predicted molar refractivity (Wildman–Crippen MR) is 155 cm³/mol. The molecule has 5 fully saturated rings. The fourth-order valence-electron chi connectivity index (χ4n) is 11.9. The van der Waals surface area contributed by atoms with Crippen LogP contribution in [0.5, 0.6) is 0 Å². The fourth-order valence-corrected chi connectivity index (χ4v) is 11.9. The van der Waals surface area contributed by atoms with Gasteiger partial charge in [0, 0.05) is 72.0 Å². The molecule has 220 valence electrons. The first kappa shape index (κ1) is 35.5. The molecule has 0 spiro atoms. The van der Waals surface area contributed by atoms with E-state index in [0.29, 0.717) is 34.0 Å². The zero-order chi connectivity index (χ0) is 27.9. The Balaban J connectivity index is 0.00000220. The summed E-state index contributed by atoms with van der Waals surface area (Å²) in [5.74, 6) is 2.89. The van der Waals surface area contributed by atoms with Crippen LogP contribution in [0.25, 0.3) is 0 Å². The first-order valence-electron chi connectivity index (χ1n) is 15.7. The van der Waals surface area contributed by atoms with Crippen molar-refractivity contribution in [3.8, 4) is 0 Å². The summed E-state index contributed by atoms with van der Waals surface area (Å²) in [6.45, 7) is 21.3. The standard InChI is InChI=1S/C34H55N2O2.2Y/c1-21(2)23-12-17-34(29(38)36-20-25(35)22(3)37)19-18-32(7)24(28(23)34)10-11-27-31(6)15-9-14-30(4,5)26(31)13-16-33(27,32)8;;/h14,23-28H,1,9-13,15-20,35H2,2-8H3,(H,36,38);;/q-1;;. The Bertz CT molecular complexity index is 1010. The molecule has 6 heteroatoms. The molecule has 0 aromatic carbocycles. The third kappa shape index (κ3) is 5.12. The molecule has 0 aromatic heterocycles. The van der Waals surface area contributed by atoms with Gasteiger partial charge in [0.1, 0.15) is 5.78 Å². The number of carbonyl (C=O) groups is 2. The van der Waals surface area contributed by atoms with Gasteiger partial charge >= 0.3 is 0 Å². The van der Waals surface area contributed by atoms with Gasteiger partial charge in [0.2, 0.25) is 5.91 Å². The van der Waals surface area contributed by atoms with E-state index in [9.17, 15) is 9.59 Å². The van der Waals surface area contributed by atoms with E-state index in [1.807, 2.05) is 0 Å². The van der Waals surface area contributed by atoms with Gasteiger partial charge in [0.15, 0.2) is 0 Å². The Labute approximate surface area is 295 Å². The van der Waals surface area contributed by atoms with Gasteiger partial charge in [-0.2, -0.15) is 11.8 Å². The number of hydrogen-bond donors (Lipinski definition) is 2. The zero-order valence-corrected chi connectivity index (χ0v) is 32.3. The Morgan fingerprint density at radius 2 is 1.57 bits per heavy atom. The SMILES string of the molecule is C=C(C)C1CCC2(C(=O)NCC(N)C(C)=O)CCC3(C)C(CCC4C5(C)CC[CH-]C(C)(C)C5CCC43C)C12.[Y].[Y]. The maximum atomic E-state index is 14.0. The molecule has 3 N–H and O–H groups in total. The van der Waals surface area contributed by atoms with E-state index in [0.717, 1.165) is 37.5 Å². The second-order valence-corrected chi connectivity index (χ2v) is 15.8. The quantitative estimate of drug-likeness (QED) is 0.243. The first-order chi connectivity index (χ1) is 17.6. The molecule has 5 aliphatic carbocycles. The normalized spacial score (nSPS) is 45.6. The van der Waals surface area contributed by atoms with E-state index in [1.165, 1.54) is 51.0 Å². The summed E-state index contributed by atoms with van der Waals surface area (Å²) in [7, 11) is 0. The van der Waals surface area contributed by atoms with E-state index in [1.54, 1.807) is 0 Å². The Morgan fingerprint density at radius 1 is 0.900 bits per heavy atom. The van der Waals surface area contributed by atoms with Crippen LogP contribution in [-0.2, 0) is 75.0 Å². The number of nitrogens with one attached hydrogen (secondary N) is 1. The third-order valence-corrected chi connectivity index (χ3v) is 14.0. The van der Waals surface area contributed by atoms with Gasteiger partial charge in [0.05, 0.1) is 11.5 Å². The van der Waals surface area contributed by atoms with Crippen LogP contribution in [0.4, 0.5) is 0 Å². The zero-order valence-electron chi connectivity index (χ0n) is 26.6. The van der Waals surface area contributed by atoms with Crippen LogP contribution < -0.4 is 11.1 Å². The Morgan fingerprint density at radius 3 is 2.20 bits per heavy atom. The van der Waals surface area contributed by atoms with Gasteiger partial charge in [-0.05, 0) is 98.7 Å². The third-order valence-electron chi connectivity index (χ3n) is 14.0. The number of Topliss-reactive ketones (excluding diaryl/α,β-unsaturated/α-hetero) is 1. The molecule has 0 aliphatic heterocycles. The van der Waals surface area contributed by atoms with Gasteiger partial charge in [-0.1, -0.05) is 65.5 Å². The average molecular weight is 702 g/mol. The van der Waals surface area contributed by atoms with Crippen molar-refractivity contribution in [2.45, 2.75) is 119 Å². The van der Waals surface area contributed by atoms with E-state index in [4.69, 9.17) is 5.73 Å². The number of ketones is 1. The summed E-state index contributed by atoms with van der Waals surface area (Å²) in [4.78, 5) is 25.8. The second kappa shape index (κ2) is 12.1. The molecule has 5 rings (SSSR count). The average Bonchev–Trinajstić information content (AvgIpc) is 3.23. The summed E-state index contributed by atoms with van der Waals surface area (Å²) in [5, 5.41) is 3.16. The van der Waals surface area contributed by atoms with E-state index in [-0.39, 0.29) is 94.5 Å². The van der Waals surface area contributed by atoms with Crippen molar-refractivity contribution >= 4 is 11.7 Å². The van der Waals surface area contributed by atoms with E-state index >= 15 is 0 Å². The molecule has 0 aromatic rings. The Hall–Kier alpha value is 1.05. The molecule has 5 saturated carbocycles. The summed E-state index contributed by atoms with van der Waals surface area (Å²) in [6, 6.07) is -0.622. The van der Waals surface area contributed by atoms with Gasteiger partial charge < -0.3 is 17.5 Å². The number of fused-ring (bicyclic) bond motifs is 7. The molecule has 0 bridgehead atoms. The molecule has 0 heterocycles. The summed E-state index contributed by atoms with van der Waals surface area (Å²) in [6.07, 6.45) is 14.5. The van der Waals surface area contributed by atoms with Gasteiger partial charge in [-0.3, -0.25) is 9.59 Å². The van der Waals surface area contributed by atoms with Crippen molar-refractivity contribution in [3.05, 3.63) is 18.6 Å². The van der Waals surface area contributed by atoms with Crippen LogP contribution in [0.3, 0.4) is 0 Å². The van der Waals surface area contributed by atoms with Crippen molar-refractivity contribution in [2.75, 3.05) is 6.54 Å². The molecule has 10 atom stereocenters. The number of hydrogen-bond acceptors (Lipinski definition) is 3. The fraction of sp³-hybridized carbons (Fsp3) is 0.853. The van der Waals surface area contributed by atoms with Crippen LogP contribution in [0.15, 0.2) is 12.2 Å². The van der Waals surface area contributed by atoms with Crippen molar-refractivity contribution in [1.29, 1.82) is 0 Å². The molecule has 1 amide bonds. The van der Waals surface area contributed by atoms with Crippen LogP contribution in [0.2, 0.25) is 0 Å². The minimum atomic E-state index is -0.622. The van der Waals surface area contributed by atoms with Crippen LogP contribution >= 0.6 is 0 Å². The number of amides is 1. The van der Waals surface area contributed by atoms with Crippen molar-refractivity contribution in [1.82, 2.24) is 5.32 Å². The van der Waals surface area contributed by atoms with Crippen molar-refractivity contribution < 1.29 is 75.0 Å². The van der Waals surface area contributed by atoms with E-state index < -0.39 is 6.04 Å². The summed E-state index contributed by atoms with van der Waals surface area (Å²) in [5.41, 5.74) is 8.19. The minimum absolute atomic E-state index is 0. The molecule has 4 nitrogen and oxygen atoms in total. The maximum absolute atomic E-state index is 14.0. The molecule has 40 heavy (non-hydrogen) atoms. The minimum Gasteiger partial charge on any atom is -0.354 e.